The fraction of sp³-hybridized carbons (Fsp3) is 0.292. The first-order chi connectivity index (χ1) is 15.4. The maximum atomic E-state index is 14.1. The van der Waals surface area contributed by atoms with Crippen LogP contribution in [-0.4, -0.2) is 32.4 Å². The molecule has 32 heavy (non-hydrogen) atoms. The van der Waals surface area contributed by atoms with E-state index in [1.807, 2.05) is 30.3 Å². The van der Waals surface area contributed by atoms with Crippen LogP contribution in [0.1, 0.15) is 47.2 Å². The number of aliphatic hydroxyl groups excluding tert-OH is 1. The van der Waals surface area contributed by atoms with Gasteiger partial charge in [0.15, 0.2) is 17.7 Å². The van der Waals surface area contributed by atoms with Crippen molar-refractivity contribution in [3.05, 3.63) is 98.7 Å². The highest BCUT2D eigenvalue weighted by molar-refractivity contribution is 5.82. The zero-order chi connectivity index (χ0) is 22.5. The lowest BCUT2D eigenvalue weighted by Gasteiger charge is -2.30. The Bertz CT molecular complexity index is 1260. The van der Waals surface area contributed by atoms with Gasteiger partial charge >= 0.3 is 0 Å². The Morgan fingerprint density at radius 3 is 2.59 bits per heavy atom. The van der Waals surface area contributed by atoms with Gasteiger partial charge in [0.2, 0.25) is 0 Å². The van der Waals surface area contributed by atoms with Crippen molar-refractivity contribution in [1.29, 1.82) is 0 Å². The summed E-state index contributed by atoms with van der Waals surface area (Å²) < 4.78 is 27.6. The number of benzene rings is 2. The van der Waals surface area contributed by atoms with E-state index < -0.39 is 29.2 Å². The minimum atomic E-state index is -1.84. The first-order valence-corrected chi connectivity index (χ1v) is 10.5. The Balaban J connectivity index is 1.44. The van der Waals surface area contributed by atoms with E-state index in [9.17, 15) is 23.5 Å². The molecular weight excluding hydrogens is 416 g/mol. The van der Waals surface area contributed by atoms with E-state index >= 15 is 0 Å². The summed E-state index contributed by atoms with van der Waals surface area (Å²) in [6.45, 7) is 0.192. The zero-order valence-corrected chi connectivity index (χ0v) is 17.1. The normalized spacial score (nSPS) is 17.5. The number of carbonyl (C=O) groups is 1. The Labute approximate surface area is 182 Å². The first-order valence-electron chi connectivity index (χ1n) is 10.5. The van der Waals surface area contributed by atoms with E-state index in [0.717, 1.165) is 24.5 Å². The molecule has 1 amide bonds. The SMILES string of the molecule is O=C(C(O)c1cccc(F)c1F)N1CCc2c(nc(C3(c4ccccc4)CC3)[nH]c2=O)C1. The third-order valence-electron chi connectivity index (χ3n) is 6.42. The monoisotopic (exact) mass is 437 g/mol. The molecule has 2 heterocycles. The van der Waals surface area contributed by atoms with Crippen LogP contribution in [0.3, 0.4) is 0 Å². The summed E-state index contributed by atoms with van der Waals surface area (Å²) in [4.78, 5) is 34.6. The molecule has 1 unspecified atom stereocenters. The third-order valence-corrected chi connectivity index (χ3v) is 6.42. The second-order valence-electron chi connectivity index (χ2n) is 8.34. The average molecular weight is 437 g/mol. The van der Waals surface area contributed by atoms with Gasteiger partial charge in [0.25, 0.3) is 11.5 Å². The summed E-state index contributed by atoms with van der Waals surface area (Å²) in [6.07, 6.45) is 0.144. The van der Waals surface area contributed by atoms with Crippen molar-refractivity contribution >= 4 is 5.91 Å². The number of rotatable bonds is 4. The maximum absolute atomic E-state index is 14.1. The van der Waals surface area contributed by atoms with Crippen LogP contribution in [0.4, 0.5) is 8.78 Å². The van der Waals surface area contributed by atoms with Crippen LogP contribution >= 0.6 is 0 Å². The molecule has 3 aromatic rings. The second kappa shape index (κ2) is 7.63. The summed E-state index contributed by atoms with van der Waals surface area (Å²) in [5.74, 6) is -2.57. The summed E-state index contributed by atoms with van der Waals surface area (Å²) in [7, 11) is 0. The predicted molar refractivity (Wildman–Crippen MR) is 112 cm³/mol. The number of hydrogen-bond donors (Lipinski definition) is 2. The van der Waals surface area contributed by atoms with E-state index in [0.29, 0.717) is 17.1 Å². The van der Waals surface area contributed by atoms with Crippen LogP contribution in [0.15, 0.2) is 53.3 Å². The van der Waals surface area contributed by atoms with Gasteiger partial charge in [-0.2, -0.15) is 0 Å². The van der Waals surface area contributed by atoms with Crippen molar-refractivity contribution in [2.75, 3.05) is 6.54 Å². The van der Waals surface area contributed by atoms with Crippen molar-refractivity contribution < 1.29 is 18.7 Å². The molecule has 1 aliphatic carbocycles. The summed E-state index contributed by atoms with van der Waals surface area (Å²) in [5, 5.41) is 10.4. The van der Waals surface area contributed by atoms with Crippen LogP contribution in [0.25, 0.3) is 0 Å². The molecule has 1 aliphatic heterocycles. The van der Waals surface area contributed by atoms with Crippen LogP contribution in [0.2, 0.25) is 0 Å². The van der Waals surface area contributed by atoms with Gasteiger partial charge in [0, 0.05) is 17.7 Å². The average Bonchev–Trinajstić information content (AvgIpc) is 3.62. The van der Waals surface area contributed by atoms with E-state index in [2.05, 4.69) is 4.98 Å². The molecule has 1 aromatic heterocycles. The largest absolute Gasteiger partial charge is 0.378 e. The van der Waals surface area contributed by atoms with Crippen LogP contribution in [0, 0.1) is 11.6 Å². The Morgan fingerprint density at radius 2 is 1.88 bits per heavy atom. The predicted octanol–water partition coefficient (Wildman–Crippen LogP) is 2.75. The Kier molecular flexibility index (Phi) is 4.89. The lowest BCUT2D eigenvalue weighted by molar-refractivity contribution is -0.141. The molecule has 5 rings (SSSR count). The fourth-order valence-electron chi connectivity index (χ4n) is 4.44. The number of carbonyl (C=O) groups excluding carboxylic acids is 1. The molecule has 0 spiro atoms. The molecule has 1 fully saturated rings. The van der Waals surface area contributed by atoms with E-state index in [1.54, 1.807) is 0 Å². The highest BCUT2D eigenvalue weighted by Gasteiger charge is 2.48. The van der Waals surface area contributed by atoms with Crippen molar-refractivity contribution in [3.8, 4) is 0 Å². The summed E-state index contributed by atoms with van der Waals surface area (Å²) in [5.41, 5.74) is 1.07. The standard InChI is InChI=1S/C24H21F2N3O3/c25-17-8-4-7-16(19(17)26)20(30)22(32)29-12-9-15-18(13-29)27-23(28-21(15)31)24(10-11-24)14-5-2-1-3-6-14/h1-8,20,30H,9-13H2,(H,27,28,31). The zero-order valence-electron chi connectivity index (χ0n) is 17.1. The molecule has 0 bridgehead atoms. The number of aliphatic hydroxyl groups is 1. The molecule has 0 radical (unpaired) electrons. The van der Waals surface area contributed by atoms with Gasteiger partial charge in [-0.3, -0.25) is 9.59 Å². The van der Waals surface area contributed by atoms with Crippen LogP contribution in [-0.2, 0) is 23.2 Å². The van der Waals surface area contributed by atoms with E-state index in [4.69, 9.17) is 4.98 Å². The molecule has 2 N–H and O–H groups in total. The third kappa shape index (κ3) is 3.31. The summed E-state index contributed by atoms with van der Waals surface area (Å²) in [6, 6.07) is 13.2. The molecule has 1 atom stereocenters. The quantitative estimate of drug-likeness (QED) is 0.657. The molecule has 164 valence electrons. The van der Waals surface area contributed by atoms with E-state index in [1.165, 1.54) is 17.0 Å². The molecule has 2 aromatic carbocycles. The highest BCUT2D eigenvalue weighted by Crippen LogP contribution is 2.51. The molecule has 2 aliphatic rings. The van der Waals surface area contributed by atoms with Crippen molar-refractivity contribution in [2.24, 2.45) is 0 Å². The smallest absolute Gasteiger partial charge is 0.256 e. The van der Waals surface area contributed by atoms with Gasteiger partial charge in [-0.25, -0.2) is 13.8 Å². The van der Waals surface area contributed by atoms with Crippen LogP contribution in [0.5, 0.6) is 0 Å². The topological polar surface area (TPSA) is 86.3 Å². The number of halogens is 2. The minimum absolute atomic E-state index is 0.0178. The van der Waals surface area contributed by atoms with Gasteiger partial charge in [-0.05, 0) is 30.9 Å². The van der Waals surface area contributed by atoms with Crippen molar-refractivity contribution in [3.63, 3.8) is 0 Å². The van der Waals surface area contributed by atoms with E-state index in [-0.39, 0.29) is 30.5 Å². The maximum Gasteiger partial charge on any atom is 0.256 e. The molecule has 6 nitrogen and oxygen atoms in total. The molecule has 8 heteroatoms. The van der Waals surface area contributed by atoms with Crippen molar-refractivity contribution in [2.45, 2.75) is 37.3 Å². The number of H-pyrrole nitrogens is 1. The first kappa shape index (κ1) is 20.5. The number of amides is 1. The molecule has 1 saturated carbocycles. The summed E-state index contributed by atoms with van der Waals surface area (Å²) >= 11 is 0. The van der Waals surface area contributed by atoms with Crippen LogP contribution < -0.4 is 5.56 Å². The number of nitrogens with zero attached hydrogens (tertiary/aromatic N) is 2. The Morgan fingerprint density at radius 1 is 1.12 bits per heavy atom. The molecular formula is C24H21F2N3O3. The number of hydrogen-bond acceptors (Lipinski definition) is 4. The second-order valence-corrected chi connectivity index (χ2v) is 8.34. The fourth-order valence-corrected chi connectivity index (χ4v) is 4.44. The number of fused-ring (bicyclic) bond motifs is 1. The lowest BCUT2D eigenvalue weighted by Crippen LogP contribution is -2.42. The Hall–Kier alpha value is -3.39. The van der Waals surface area contributed by atoms with Gasteiger partial charge in [0.05, 0.1) is 17.7 Å². The number of aromatic nitrogens is 2. The number of nitrogens with one attached hydrogen (secondary N) is 1. The van der Waals surface area contributed by atoms with Gasteiger partial charge < -0.3 is 15.0 Å². The van der Waals surface area contributed by atoms with Gasteiger partial charge in [-0.1, -0.05) is 42.5 Å². The van der Waals surface area contributed by atoms with Gasteiger partial charge in [0.1, 0.15) is 5.82 Å². The lowest BCUT2D eigenvalue weighted by atomic mass is 9.94. The minimum Gasteiger partial charge on any atom is -0.378 e. The highest BCUT2D eigenvalue weighted by atomic mass is 19.2. The number of aromatic amines is 1. The van der Waals surface area contributed by atoms with Gasteiger partial charge in [-0.15, -0.1) is 0 Å². The molecule has 0 saturated heterocycles. The van der Waals surface area contributed by atoms with Crippen molar-refractivity contribution in [1.82, 2.24) is 14.9 Å².